The number of carboxylic acids is 1. The second kappa shape index (κ2) is 31.3. The average molecular weight is 796 g/mol. The third-order valence-electron chi connectivity index (χ3n) is 5.51. The van der Waals surface area contributed by atoms with Crippen LogP contribution in [0.3, 0.4) is 0 Å². The van der Waals surface area contributed by atoms with Crippen molar-refractivity contribution < 1.29 is 64.3 Å². The van der Waals surface area contributed by atoms with Gasteiger partial charge >= 0.3 is 33.9 Å². The predicted molar refractivity (Wildman–Crippen MR) is 146 cm³/mol. The van der Waals surface area contributed by atoms with E-state index in [2.05, 4.69) is 34.9 Å². The van der Waals surface area contributed by atoms with Gasteiger partial charge in [0.25, 0.3) is 0 Å². The molecule has 1 unspecified atom stereocenters. The Balaban J connectivity index is -0.00000237. The van der Waals surface area contributed by atoms with Crippen molar-refractivity contribution in [3.8, 4) is 0 Å². The Labute approximate surface area is 276 Å². The first-order valence-corrected chi connectivity index (χ1v) is 13.1. The number of unbranched alkanes of at least 4 members (excludes halogenated alkanes) is 3. The molecular formula is C30H33N5O9Re-4. The molecule has 1 heterocycles. The summed E-state index contributed by atoms with van der Waals surface area (Å²) in [7, 11) is 0. The predicted octanol–water partition coefficient (Wildman–Crippen LogP) is -0.743. The minimum atomic E-state index is -1.17. The quantitative estimate of drug-likeness (QED) is 0.0661. The first-order valence-electron chi connectivity index (χ1n) is 13.1. The Morgan fingerprint density at radius 3 is 2.13 bits per heavy atom. The number of aromatic nitrogens is 1. The van der Waals surface area contributed by atoms with Crippen LogP contribution in [0.15, 0.2) is 64.7 Å². The molecule has 0 aliphatic rings. The first kappa shape index (κ1) is 45.3. The molecule has 0 amide bonds. The van der Waals surface area contributed by atoms with Crippen LogP contribution in [0.2, 0.25) is 0 Å². The Kier molecular flexibility index (Phi) is 31.5. The Bertz CT molecular complexity index is 1160. The van der Waals surface area contributed by atoms with Crippen molar-refractivity contribution >= 4 is 23.8 Å². The van der Waals surface area contributed by atoms with Crippen LogP contribution in [-0.4, -0.2) is 59.4 Å². The number of carbonyl (C=O) groups excluding carboxylic acids is 1. The molecular weight excluding hydrogens is 762 g/mol. The third-order valence-corrected chi connectivity index (χ3v) is 5.51. The van der Waals surface area contributed by atoms with Gasteiger partial charge in [-0.2, -0.15) is 0 Å². The summed E-state index contributed by atoms with van der Waals surface area (Å²) < 4.78 is 27.6. The van der Waals surface area contributed by atoms with E-state index in [9.17, 15) is 25.2 Å². The van der Waals surface area contributed by atoms with Gasteiger partial charge in [-0.05, 0) is 61.7 Å². The average Bonchev–Trinajstić information content (AvgIpc) is 3.05. The fourth-order valence-electron chi connectivity index (χ4n) is 3.61. The molecule has 0 saturated heterocycles. The zero-order chi connectivity index (χ0) is 33.6. The molecule has 243 valence electrons. The van der Waals surface area contributed by atoms with E-state index >= 15 is 0 Å². The molecule has 15 heteroatoms. The summed E-state index contributed by atoms with van der Waals surface area (Å²) in [5.41, 5.74) is 1.55. The Morgan fingerprint density at radius 2 is 1.56 bits per heavy atom. The Hall–Kier alpha value is -4.11. The second-order valence-corrected chi connectivity index (χ2v) is 8.68. The fraction of sp³-hybridized carbons (Fsp3) is 0.400. The summed E-state index contributed by atoms with van der Waals surface area (Å²) in [4.78, 5) is 24.8. The van der Waals surface area contributed by atoms with E-state index in [1.54, 1.807) is 41.4 Å². The number of hydrogen-bond acceptors (Lipinski definition) is 11. The molecule has 0 fully saturated rings. The number of rotatable bonds is 18. The van der Waals surface area contributed by atoms with Gasteiger partial charge < -0.3 is 40.4 Å². The number of carbonyl (C=O) groups is 1. The summed E-state index contributed by atoms with van der Waals surface area (Å²) in [5.74, 6) is -2.63. The number of ether oxygens (including phenoxy) is 1. The summed E-state index contributed by atoms with van der Waals surface area (Å²) in [6, 6.07) is 13.3. The normalized spacial score (nSPS) is 11.0. The molecule has 1 aromatic heterocycles. The molecule has 1 aromatic carbocycles. The summed E-state index contributed by atoms with van der Waals surface area (Å²) in [5, 5.41) is 53.8. The molecule has 0 aliphatic heterocycles. The van der Waals surface area contributed by atoms with Gasteiger partial charge in [0.15, 0.2) is 0 Å². The van der Waals surface area contributed by atoms with Gasteiger partial charge in [-0.1, -0.05) is 49.2 Å². The van der Waals surface area contributed by atoms with E-state index in [0.717, 1.165) is 30.5 Å². The van der Waals surface area contributed by atoms with Crippen LogP contribution in [0.4, 0.5) is 0 Å². The van der Waals surface area contributed by atoms with E-state index in [1.165, 1.54) is 0 Å². The van der Waals surface area contributed by atoms with Crippen LogP contribution < -0.4 is 20.4 Å². The molecule has 45 heavy (non-hydrogen) atoms. The molecule has 2 rings (SSSR count). The number of carboxylic acid groups (broad SMARTS) is 1. The summed E-state index contributed by atoms with van der Waals surface area (Å²) in [6.07, 6.45) is 3.38. The number of benzene rings is 1. The number of nitrogens with one attached hydrogen (secondary N) is 1. The minimum absolute atomic E-state index is 0. The van der Waals surface area contributed by atoms with Crippen LogP contribution in [0, 0.1) is 25.4 Å². The van der Waals surface area contributed by atoms with E-state index in [1.807, 2.05) is 18.2 Å². The third kappa shape index (κ3) is 25.0. The number of pyridine rings is 1. The number of aliphatic imine (C=N–C) groups is 2. The topological polar surface area (TPSA) is 243 Å². The monoisotopic (exact) mass is 795 g/mol. The van der Waals surface area contributed by atoms with Gasteiger partial charge in [-0.15, -0.1) is 0 Å². The molecule has 0 bridgehead atoms. The number of aliphatic carboxylic acids is 1. The van der Waals surface area contributed by atoms with E-state index < -0.39 is 29.9 Å². The van der Waals surface area contributed by atoms with Crippen molar-refractivity contribution in [3.05, 3.63) is 85.9 Å². The molecule has 0 saturated carbocycles. The van der Waals surface area contributed by atoms with Gasteiger partial charge in [0.1, 0.15) is 6.08 Å². The van der Waals surface area contributed by atoms with Gasteiger partial charge in [-0.25, -0.2) is 0 Å². The first-order chi connectivity index (χ1) is 21.3. The van der Waals surface area contributed by atoms with Crippen molar-refractivity contribution in [3.63, 3.8) is 0 Å². The molecule has 14 nitrogen and oxygen atoms in total. The zero-order valence-electron chi connectivity index (χ0n) is 24.4. The molecule has 2 aromatic rings. The molecule has 1 atom stereocenters. The maximum atomic E-state index is 12.5. The van der Waals surface area contributed by atoms with Crippen LogP contribution in [0.25, 0.3) is 0 Å². The zero-order valence-corrected chi connectivity index (χ0v) is 27.1. The van der Waals surface area contributed by atoms with Crippen LogP contribution in [0.5, 0.6) is 0 Å². The molecule has 1 N–H and O–H groups in total. The molecule has 0 aliphatic carbocycles. The molecule has 1 radical (unpaired) electrons. The van der Waals surface area contributed by atoms with Crippen LogP contribution >= 0.6 is 0 Å². The van der Waals surface area contributed by atoms with Crippen molar-refractivity contribution in [2.75, 3.05) is 19.6 Å². The van der Waals surface area contributed by atoms with Crippen molar-refractivity contribution in [1.29, 1.82) is 5.41 Å². The van der Waals surface area contributed by atoms with Gasteiger partial charge in [0.2, 0.25) is 0 Å². The summed E-state index contributed by atoms with van der Waals surface area (Å²) >= 11 is 0. The van der Waals surface area contributed by atoms with E-state index in [0.29, 0.717) is 19.5 Å². The maximum absolute atomic E-state index is 12.5. The van der Waals surface area contributed by atoms with Gasteiger partial charge in [0, 0.05) is 52.9 Å². The van der Waals surface area contributed by atoms with Crippen LogP contribution in [0.1, 0.15) is 49.8 Å². The van der Waals surface area contributed by atoms with Crippen molar-refractivity contribution in [2.45, 2.75) is 57.7 Å². The Morgan fingerprint density at radius 1 is 0.933 bits per heavy atom. The number of nitrogens with zero attached hydrogens (tertiary/aromatic N) is 4. The SMILES string of the molecule is N=C([O-])CCC(N=C([O-])OCc1ccccc1)C([O-])=NCCCCCCN(CC(=O)[O-])Cc1ccccn1.[188Re].[C-]#[O+].[C-]#[O+].[C-]#[O+]. The van der Waals surface area contributed by atoms with Crippen molar-refractivity contribution in [1.82, 2.24) is 9.88 Å². The fourth-order valence-corrected chi connectivity index (χ4v) is 3.61. The number of hydrogen-bond donors (Lipinski definition) is 1. The van der Waals surface area contributed by atoms with Gasteiger partial charge in [0.05, 0.1) is 17.7 Å². The molecule has 0 spiro atoms. The van der Waals surface area contributed by atoms with Gasteiger partial charge in [-0.3, -0.25) is 14.9 Å². The standard InChI is InChI=1S/C27H37N5O6.3CO.Re/c28-24(33)14-13-23(31-27(37)38-20-21-10-4-3-5-11-21)26(36)30-16-7-1-2-9-17-32(19-25(34)35)18-22-12-6-8-15-29-22;3*1-2;/h3-6,8,10-12,15,23H,1-2,7,9,13-14,16-20H2,(H2,28,33)(H,30,36)(H,31,37)(H,34,35);;;;/p-4/i;;;;1+2. The van der Waals surface area contributed by atoms with Crippen molar-refractivity contribution in [2.24, 2.45) is 9.98 Å². The van der Waals surface area contributed by atoms with Crippen LogP contribution in [-0.2, 0) is 57.1 Å². The second-order valence-electron chi connectivity index (χ2n) is 8.68. The van der Waals surface area contributed by atoms with E-state index in [-0.39, 0.29) is 53.0 Å². The van der Waals surface area contributed by atoms with E-state index in [4.69, 9.17) is 24.1 Å². The summed E-state index contributed by atoms with van der Waals surface area (Å²) in [6.45, 7) is 14.5.